The first-order chi connectivity index (χ1) is 13.7. The van der Waals surface area contributed by atoms with Gasteiger partial charge >= 0.3 is 5.97 Å². The van der Waals surface area contributed by atoms with Gasteiger partial charge in [-0.1, -0.05) is 13.3 Å². The Kier molecular flexibility index (Phi) is 10.2. The second-order valence-corrected chi connectivity index (χ2v) is 7.47. The highest BCUT2D eigenvalue weighted by molar-refractivity contribution is 5.96. The molecule has 0 saturated carbocycles. The van der Waals surface area contributed by atoms with Crippen LogP contribution >= 0.6 is 0 Å². The molecule has 7 heteroatoms. The predicted octanol–water partition coefficient (Wildman–Crippen LogP) is 3.17. The van der Waals surface area contributed by atoms with Crippen molar-refractivity contribution in [2.24, 2.45) is 0 Å². The van der Waals surface area contributed by atoms with Crippen LogP contribution in [-0.4, -0.2) is 54.0 Å². The molecule has 1 aromatic carbocycles. The first-order valence-electron chi connectivity index (χ1n) is 10.2. The average molecular weight is 407 g/mol. The van der Waals surface area contributed by atoms with Crippen LogP contribution in [0.15, 0.2) is 24.3 Å². The second-order valence-electron chi connectivity index (χ2n) is 7.47. The molecule has 1 aromatic rings. The molecule has 0 aromatic heterocycles. The molecule has 1 N–H and O–H groups in total. The van der Waals surface area contributed by atoms with Crippen molar-refractivity contribution in [3.8, 4) is 5.75 Å². The molecular weight excluding hydrogens is 372 g/mol. The third kappa shape index (κ3) is 8.13. The van der Waals surface area contributed by atoms with Crippen LogP contribution in [0.5, 0.6) is 5.75 Å². The number of benzene rings is 1. The summed E-state index contributed by atoms with van der Waals surface area (Å²) in [4.78, 5) is 38.4. The summed E-state index contributed by atoms with van der Waals surface area (Å²) in [6.45, 7) is 11.6. The van der Waals surface area contributed by atoms with Crippen molar-refractivity contribution < 1.29 is 23.9 Å². The smallest absolute Gasteiger partial charge is 0.326 e. The van der Waals surface area contributed by atoms with Crippen LogP contribution in [0, 0.1) is 0 Å². The van der Waals surface area contributed by atoms with Crippen LogP contribution < -0.4 is 10.1 Å². The SMILES string of the molecule is CCCCOc1ccc(C(=O)NCC(=O)O[C@@H](C)C(=O)N(C(C)C)C(C)C)cc1. The molecule has 0 aliphatic carbocycles. The Hall–Kier alpha value is -2.57. The van der Waals surface area contributed by atoms with Gasteiger partial charge in [-0.2, -0.15) is 0 Å². The number of carbonyl (C=O) groups excluding carboxylic acids is 3. The summed E-state index contributed by atoms with van der Waals surface area (Å²) in [6.07, 6.45) is 1.11. The highest BCUT2D eigenvalue weighted by Crippen LogP contribution is 2.13. The Morgan fingerprint density at radius 1 is 1.00 bits per heavy atom. The maximum absolute atomic E-state index is 12.5. The van der Waals surface area contributed by atoms with E-state index in [0.717, 1.165) is 12.8 Å². The van der Waals surface area contributed by atoms with Crippen molar-refractivity contribution in [3.63, 3.8) is 0 Å². The fraction of sp³-hybridized carbons (Fsp3) is 0.591. The van der Waals surface area contributed by atoms with E-state index >= 15 is 0 Å². The molecule has 29 heavy (non-hydrogen) atoms. The van der Waals surface area contributed by atoms with Gasteiger partial charge < -0.3 is 19.7 Å². The van der Waals surface area contributed by atoms with Gasteiger partial charge in [-0.05, 0) is 65.3 Å². The Labute approximate surface area is 173 Å². The molecule has 0 radical (unpaired) electrons. The highest BCUT2D eigenvalue weighted by Gasteiger charge is 2.27. The van der Waals surface area contributed by atoms with E-state index < -0.39 is 18.0 Å². The predicted molar refractivity (Wildman–Crippen MR) is 112 cm³/mol. The van der Waals surface area contributed by atoms with Crippen molar-refractivity contribution in [2.75, 3.05) is 13.2 Å². The van der Waals surface area contributed by atoms with Crippen LogP contribution in [0.2, 0.25) is 0 Å². The summed E-state index contributed by atoms with van der Waals surface area (Å²) < 4.78 is 10.7. The molecule has 0 fully saturated rings. The van der Waals surface area contributed by atoms with Gasteiger partial charge in [0, 0.05) is 17.6 Å². The Morgan fingerprint density at radius 2 is 1.59 bits per heavy atom. The van der Waals surface area contributed by atoms with E-state index in [1.54, 1.807) is 29.2 Å². The molecular formula is C22H34N2O5. The van der Waals surface area contributed by atoms with Gasteiger partial charge in [-0.25, -0.2) is 0 Å². The van der Waals surface area contributed by atoms with Gasteiger partial charge in [-0.15, -0.1) is 0 Å². The molecule has 162 valence electrons. The number of esters is 1. The Balaban J connectivity index is 2.50. The lowest BCUT2D eigenvalue weighted by atomic mass is 10.2. The Bertz CT molecular complexity index is 662. The molecule has 0 spiro atoms. The molecule has 7 nitrogen and oxygen atoms in total. The molecule has 0 aliphatic heterocycles. The van der Waals surface area contributed by atoms with E-state index in [9.17, 15) is 14.4 Å². The van der Waals surface area contributed by atoms with Crippen LogP contribution in [0.4, 0.5) is 0 Å². The molecule has 0 heterocycles. The number of hydrogen-bond acceptors (Lipinski definition) is 5. The van der Waals surface area contributed by atoms with Crippen LogP contribution in [0.1, 0.15) is 64.7 Å². The number of hydrogen-bond donors (Lipinski definition) is 1. The first-order valence-corrected chi connectivity index (χ1v) is 10.2. The van der Waals surface area contributed by atoms with Gasteiger partial charge in [0.05, 0.1) is 6.61 Å². The van der Waals surface area contributed by atoms with Crippen molar-refractivity contribution in [3.05, 3.63) is 29.8 Å². The van der Waals surface area contributed by atoms with E-state index in [0.29, 0.717) is 17.9 Å². The molecule has 0 aliphatic rings. The molecule has 0 bridgehead atoms. The van der Waals surface area contributed by atoms with Crippen LogP contribution in [0.25, 0.3) is 0 Å². The zero-order valence-electron chi connectivity index (χ0n) is 18.4. The van der Waals surface area contributed by atoms with E-state index in [1.807, 2.05) is 27.7 Å². The summed E-state index contributed by atoms with van der Waals surface area (Å²) in [5.74, 6) is -0.617. The lowest BCUT2D eigenvalue weighted by Crippen LogP contribution is -2.48. The number of unbranched alkanes of at least 4 members (excludes halogenated alkanes) is 1. The maximum atomic E-state index is 12.5. The van der Waals surface area contributed by atoms with Gasteiger partial charge in [0.1, 0.15) is 12.3 Å². The highest BCUT2D eigenvalue weighted by atomic mass is 16.5. The zero-order chi connectivity index (χ0) is 22.0. The number of ether oxygens (including phenoxy) is 2. The van der Waals surface area contributed by atoms with E-state index in [4.69, 9.17) is 9.47 Å². The third-order valence-electron chi connectivity index (χ3n) is 4.30. The largest absolute Gasteiger partial charge is 0.494 e. The number of carbonyl (C=O) groups is 3. The lowest BCUT2D eigenvalue weighted by molar-refractivity contribution is -0.160. The Morgan fingerprint density at radius 3 is 2.10 bits per heavy atom. The monoisotopic (exact) mass is 406 g/mol. The minimum Gasteiger partial charge on any atom is -0.494 e. The number of amides is 2. The lowest BCUT2D eigenvalue weighted by Gasteiger charge is -2.32. The van der Waals surface area contributed by atoms with Crippen molar-refractivity contribution >= 4 is 17.8 Å². The topological polar surface area (TPSA) is 84.9 Å². The van der Waals surface area contributed by atoms with Gasteiger partial charge in [-0.3, -0.25) is 14.4 Å². The van der Waals surface area contributed by atoms with E-state index in [-0.39, 0.29) is 24.5 Å². The minimum atomic E-state index is -0.913. The number of nitrogens with one attached hydrogen (secondary N) is 1. The second kappa shape index (κ2) is 12.1. The number of rotatable bonds is 11. The fourth-order valence-electron chi connectivity index (χ4n) is 2.90. The summed E-state index contributed by atoms with van der Waals surface area (Å²) in [6, 6.07) is 6.70. The summed E-state index contributed by atoms with van der Waals surface area (Å²) in [5.41, 5.74) is 0.413. The average Bonchev–Trinajstić information content (AvgIpc) is 2.66. The van der Waals surface area contributed by atoms with E-state index in [1.165, 1.54) is 6.92 Å². The maximum Gasteiger partial charge on any atom is 0.326 e. The molecule has 1 atom stereocenters. The van der Waals surface area contributed by atoms with Gasteiger partial charge in [0.2, 0.25) is 0 Å². The third-order valence-corrected chi connectivity index (χ3v) is 4.30. The molecule has 0 unspecified atom stereocenters. The van der Waals surface area contributed by atoms with Crippen LogP contribution in [0.3, 0.4) is 0 Å². The van der Waals surface area contributed by atoms with Gasteiger partial charge in [0.25, 0.3) is 11.8 Å². The molecule has 2 amide bonds. The zero-order valence-corrected chi connectivity index (χ0v) is 18.4. The van der Waals surface area contributed by atoms with Crippen LogP contribution in [-0.2, 0) is 14.3 Å². The number of nitrogens with zero attached hydrogens (tertiary/aromatic N) is 1. The van der Waals surface area contributed by atoms with Gasteiger partial charge in [0.15, 0.2) is 6.10 Å². The summed E-state index contributed by atoms with van der Waals surface area (Å²) in [7, 11) is 0. The van der Waals surface area contributed by atoms with Crippen molar-refractivity contribution in [2.45, 2.75) is 72.6 Å². The summed E-state index contributed by atoms with van der Waals surface area (Å²) >= 11 is 0. The van der Waals surface area contributed by atoms with E-state index in [2.05, 4.69) is 12.2 Å². The van der Waals surface area contributed by atoms with Crippen molar-refractivity contribution in [1.82, 2.24) is 10.2 Å². The first kappa shape index (κ1) is 24.5. The summed E-state index contributed by atoms with van der Waals surface area (Å²) in [5, 5.41) is 2.51. The quantitative estimate of drug-likeness (QED) is 0.451. The van der Waals surface area contributed by atoms with Crippen molar-refractivity contribution in [1.29, 1.82) is 0 Å². The fourth-order valence-corrected chi connectivity index (χ4v) is 2.90. The standard InChI is InChI=1S/C22H34N2O5/c1-7-8-13-28-19-11-9-18(10-12-19)21(26)23-14-20(25)29-17(6)22(27)24(15(2)3)16(4)5/h9-12,15-17H,7-8,13-14H2,1-6H3,(H,23,26)/t17-/m0/s1. The molecule has 1 rings (SSSR count). The minimum absolute atomic E-state index is 0.00252. The molecule has 0 saturated heterocycles. The normalized spacial score (nSPS) is 11.9.